The predicted octanol–water partition coefficient (Wildman–Crippen LogP) is -1.54. The molecule has 0 saturated carbocycles. The van der Waals surface area contributed by atoms with Crippen LogP contribution in [0, 0.1) is 0 Å². The predicted molar refractivity (Wildman–Crippen MR) is 96.5 cm³/mol. The SMILES string of the molecule is CCO.N.N.Nc1ncnc2c1ncn2[C@@H]1O[C@H](COP(=O)(O)O)[C@@H](O)[C@H]1O. The minimum atomic E-state index is -4.72. The largest absolute Gasteiger partial charge is 0.469 e. The van der Waals surface area contributed by atoms with E-state index in [0.29, 0.717) is 5.52 Å². The lowest BCUT2D eigenvalue weighted by atomic mass is 10.1. The number of rotatable bonds is 4. The van der Waals surface area contributed by atoms with Crippen molar-refractivity contribution in [1.29, 1.82) is 0 Å². The van der Waals surface area contributed by atoms with Crippen LogP contribution in [0.25, 0.3) is 11.2 Å². The second-order valence-electron chi connectivity index (χ2n) is 5.23. The van der Waals surface area contributed by atoms with E-state index in [2.05, 4.69) is 19.5 Å². The van der Waals surface area contributed by atoms with Crippen LogP contribution in [0.4, 0.5) is 5.82 Å². The number of nitrogens with two attached hydrogens (primary N) is 1. The van der Waals surface area contributed by atoms with Crippen molar-refractivity contribution in [1.82, 2.24) is 31.8 Å². The summed E-state index contributed by atoms with van der Waals surface area (Å²) in [5.41, 5.74) is 6.25. The Hall–Kier alpha value is -1.78. The number of aromatic nitrogens is 4. The third kappa shape index (κ3) is 5.86. The van der Waals surface area contributed by atoms with Gasteiger partial charge in [-0.05, 0) is 6.92 Å². The van der Waals surface area contributed by atoms with Gasteiger partial charge in [0.1, 0.15) is 30.2 Å². The van der Waals surface area contributed by atoms with Gasteiger partial charge in [-0.2, -0.15) is 0 Å². The molecule has 16 heteroatoms. The molecule has 0 bridgehead atoms. The summed E-state index contributed by atoms with van der Waals surface area (Å²) in [7, 11) is -4.72. The Labute approximate surface area is 159 Å². The van der Waals surface area contributed by atoms with Crippen molar-refractivity contribution in [2.24, 2.45) is 0 Å². The van der Waals surface area contributed by atoms with Crippen LogP contribution in [0.5, 0.6) is 0 Å². The first-order chi connectivity index (χ1) is 12.2. The number of nitrogens with zero attached hydrogens (tertiary/aromatic N) is 4. The zero-order valence-electron chi connectivity index (χ0n) is 15.1. The van der Waals surface area contributed by atoms with E-state index in [4.69, 9.17) is 25.4 Å². The minimum absolute atomic E-state index is 0. The van der Waals surface area contributed by atoms with E-state index in [9.17, 15) is 14.8 Å². The molecule has 3 rings (SSSR count). The Morgan fingerprint density at radius 1 is 1.25 bits per heavy atom. The average molecular weight is 427 g/mol. The highest BCUT2D eigenvalue weighted by Crippen LogP contribution is 2.38. The quantitative estimate of drug-likeness (QED) is 0.257. The van der Waals surface area contributed by atoms with E-state index >= 15 is 0 Å². The van der Waals surface area contributed by atoms with Gasteiger partial charge in [0.05, 0.1) is 12.9 Å². The van der Waals surface area contributed by atoms with Gasteiger partial charge in [0.2, 0.25) is 0 Å². The van der Waals surface area contributed by atoms with Crippen LogP contribution >= 0.6 is 7.82 Å². The lowest BCUT2D eigenvalue weighted by molar-refractivity contribution is -0.0504. The summed E-state index contributed by atoms with van der Waals surface area (Å²) < 4.78 is 21.8. The number of aliphatic hydroxyl groups is 3. The van der Waals surface area contributed by atoms with Crippen molar-refractivity contribution in [3.63, 3.8) is 0 Å². The van der Waals surface area contributed by atoms with Crippen LogP contribution in [0.15, 0.2) is 12.7 Å². The summed E-state index contributed by atoms with van der Waals surface area (Å²) in [4.78, 5) is 29.2. The van der Waals surface area contributed by atoms with Gasteiger partial charge in [0, 0.05) is 6.61 Å². The highest BCUT2D eigenvalue weighted by atomic mass is 31.2. The van der Waals surface area contributed by atoms with Crippen LogP contribution in [0.2, 0.25) is 0 Å². The number of fused-ring (bicyclic) bond motifs is 1. The summed E-state index contributed by atoms with van der Waals surface area (Å²) in [6.45, 7) is 1.34. The molecule has 3 heterocycles. The summed E-state index contributed by atoms with van der Waals surface area (Å²) in [5.74, 6) is 0.142. The van der Waals surface area contributed by atoms with Gasteiger partial charge >= 0.3 is 7.82 Å². The fourth-order valence-electron chi connectivity index (χ4n) is 2.32. The number of anilines is 1. The van der Waals surface area contributed by atoms with E-state index < -0.39 is 39.0 Å². The molecule has 0 radical (unpaired) electrons. The van der Waals surface area contributed by atoms with Gasteiger partial charge in [-0.1, -0.05) is 0 Å². The number of imidazole rings is 1. The fourth-order valence-corrected chi connectivity index (χ4v) is 2.66. The molecule has 0 aromatic carbocycles. The third-order valence-corrected chi connectivity index (χ3v) is 3.89. The normalized spacial score (nSPS) is 24.1. The van der Waals surface area contributed by atoms with Crippen molar-refractivity contribution in [3.05, 3.63) is 12.7 Å². The third-order valence-electron chi connectivity index (χ3n) is 3.41. The molecule has 0 spiro atoms. The molecule has 1 saturated heterocycles. The van der Waals surface area contributed by atoms with Gasteiger partial charge in [0.25, 0.3) is 0 Å². The Balaban J connectivity index is 0.00000137. The highest BCUT2D eigenvalue weighted by molar-refractivity contribution is 7.46. The first kappa shape index (κ1) is 26.2. The molecule has 15 nitrogen and oxygen atoms in total. The number of phosphoric acid groups is 1. The standard InChI is InChI=1S/C10H14N5O7P.C2H6O.2H3N/c11-8-5-9(13-2-12-8)15(3-14-5)10-7(17)6(16)4(22-10)1-21-23(18,19)20;1-2-3;;/h2-4,6-7,10,16-17H,1H2,(H2,11,12,13)(H2,18,19,20);3H,2H2,1H3;2*1H3/t4-,6-,7-,10-;;;/m1.../s1. The Kier molecular flexibility index (Phi) is 10.0. The van der Waals surface area contributed by atoms with Crippen LogP contribution in [-0.2, 0) is 13.8 Å². The molecule has 0 unspecified atom stereocenters. The second kappa shape index (κ2) is 10.7. The number of ether oxygens (including phenoxy) is 1. The van der Waals surface area contributed by atoms with E-state index in [-0.39, 0.29) is 30.4 Å². The molecule has 1 aliphatic rings. The van der Waals surface area contributed by atoms with Crippen LogP contribution in [0.3, 0.4) is 0 Å². The molecule has 4 atom stereocenters. The molecule has 13 N–H and O–H groups in total. The topological polar surface area (TPSA) is 276 Å². The molecule has 0 amide bonds. The number of nitrogen functional groups attached to an aromatic ring is 1. The van der Waals surface area contributed by atoms with Crippen molar-refractivity contribution in [3.8, 4) is 0 Å². The smallest absolute Gasteiger partial charge is 0.397 e. The van der Waals surface area contributed by atoms with Crippen LogP contribution in [-0.4, -0.2) is 76.2 Å². The first-order valence-corrected chi connectivity index (χ1v) is 8.98. The minimum Gasteiger partial charge on any atom is -0.397 e. The van der Waals surface area contributed by atoms with Crippen molar-refractivity contribution >= 4 is 24.8 Å². The van der Waals surface area contributed by atoms with Crippen molar-refractivity contribution < 1.29 is 38.9 Å². The van der Waals surface area contributed by atoms with Gasteiger partial charge < -0.3 is 47.9 Å². The molecular weight excluding hydrogens is 401 g/mol. The number of hydrogen-bond donors (Lipinski definition) is 8. The Morgan fingerprint density at radius 3 is 2.43 bits per heavy atom. The van der Waals surface area contributed by atoms with Gasteiger partial charge in [0.15, 0.2) is 17.7 Å². The fraction of sp³-hybridized carbons (Fsp3) is 0.583. The zero-order valence-corrected chi connectivity index (χ0v) is 16.0. The van der Waals surface area contributed by atoms with E-state index in [0.717, 1.165) is 0 Å². The van der Waals surface area contributed by atoms with Gasteiger partial charge in [-0.3, -0.25) is 9.09 Å². The average Bonchev–Trinajstić information content (AvgIpc) is 3.10. The molecular formula is C12H26N7O8P. The lowest BCUT2D eigenvalue weighted by Gasteiger charge is -2.16. The number of phosphoric ester groups is 1. The Morgan fingerprint density at radius 2 is 1.86 bits per heavy atom. The molecule has 1 fully saturated rings. The monoisotopic (exact) mass is 427 g/mol. The van der Waals surface area contributed by atoms with Crippen LogP contribution in [0.1, 0.15) is 13.2 Å². The maximum atomic E-state index is 10.7. The summed E-state index contributed by atoms with van der Waals surface area (Å²) >= 11 is 0. The van der Waals surface area contributed by atoms with Crippen molar-refractivity contribution in [2.45, 2.75) is 31.5 Å². The van der Waals surface area contributed by atoms with E-state index in [1.807, 2.05) is 0 Å². The molecule has 2 aromatic heterocycles. The van der Waals surface area contributed by atoms with Gasteiger partial charge in [-0.15, -0.1) is 0 Å². The molecule has 162 valence electrons. The zero-order chi connectivity index (χ0) is 19.5. The second-order valence-corrected chi connectivity index (χ2v) is 6.47. The Bertz CT molecular complexity index is 786. The van der Waals surface area contributed by atoms with Crippen LogP contribution < -0.4 is 18.0 Å². The lowest BCUT2D eigenvalue weighted by Crippen LogP contribution is -2.33. The summed E-state index contributed by atoms with van der Waals surface area (Å²) in [5, 5.41) is 27.6. The first-order valence-electron chi connectivity index (χ1n) is 7.45. The maximum absolute atomic E-state index is 10.7. The summed E-state index contributed by atoms with van der Waals surface area (Å²) in [6.07, 6.45) is -2.49. The van der Waals surface area contributed by atoms with Crippen molar-refractivity contribution in [2.75, 3.05) is 18.9 Å². The molecule has 2 aromatic rings. The summed E-state index contributed by atoms with van der Waals surface area (Å²) in [6, 6.07) is 0. The van der Waals surface area contributed by atoms with Gasteiger partial charge in [-0.25, -0.2) is 19.5 Å². The highest BCUT2D eigenvalue weighted by Gasteiger charge is 2.45. The maximum Gasteiger partial charge on any atom is 0.469 e. The number of hydrogen-bond acceptors (Lipinski definition) is 12. The van der Waals surface area contributed by atoms with E-state index in [1.54, 1.807) is 6.92 Å². The molecule has 0 aliphatic carbocycles. The molecule has 1 aliphatic heterocycles. The number of aliphatic hydroxyl groups excluding tert-OH is 3. The molecule has 28 heavy (non-hydrogen) atoms. The van der Waals surface area contributed by atoms with E-state index in [1.165, 1.54) is 17.2 Å².